The number of aliphatic imine (C=N–C) groups is 1. The normalized spacial score (nSPS) is 11.4. The van der Waals surface area contributed by atoms with E-state index in [2.05, 4.69) is 30.7 Å². The molecule has 3 rings (SSSR count). The van der Waals surface area contributed by atoms with Crippen molar-refractivity contribution in [3.8, 4) is 5.69 Å². The smallest absolute Gasteiger partial charge is 0.288 e. The van der Waals surface area contributed by atoms with Crippen molar-refractivity contribution >= 4 is 12.2 Å². The van der Waals surface area contributed by atoms with E-state index in [0.717, 1.165) is 16.9 Å². The molecule has 1 aromatic carbocycles. The van der Waals surface area contributed by atoms with Crippen molar-refractivity contribution in [2.45, 2.75) is 20.8 Å². The molecule has 0 saturated heterocycles. The quantitative estimate of drug-likeness (QED) is 0.712. The molecule has 0 aliphatic carbocycles. The maximum Gasteiger partial charge on any atom is 0.288 e. The second-order valence-corrected chi connectivity index (χ2v) is 5.03. The van der Waals surface area contributed by atoms with Crippen molar-refractivity contribution < 1.29 is 0 Å². The molecule has 8 heteroatoms. The largest absolute Gasteiger partial charge is 0.295 e. The Bertz CT molecular complexity index is 887. The Labute approximate surface area is 125 Å². The highest BCUT2D eigenvalue weighted by Crippen LogP contribution is 2.13. The molecule has 0 bridgehead atoms. The molecule has 0 atom stereocenters. The third-order valence-corrected chi connectivity index (χ3v) is 3.51. The Balaban J connectivity index is 2.03. The van der Waals surface area contributed by atoms with Crippen molar-refractivity contribution in [1.82, 2.24) is 30.4 Å². The number of H-pyrrole nitrogens is 2. The molecule has 0 radical (unpaired) electrons. The molecule has 2 heterocycles. The Hall–Kier alpha value is -3.03. The minimum absolute atomic E-state index is 0.173. The average molecular weight is 297 g/mol. The van der Waals surface area contributed by atoms with Gasteiger partial charge in [-0.25, -0.2) is 9.67 Å². The van der Waals surface area contributed by atoms with Crippen LogP contribution in [0.2, 0.25) is 0 Å². The highest BCUT2D eigenvalue weighted by atomic mass is 16.1. The Morgan fingerprint density at radius 3 is 2.73 bits per heavy atom. The predicted molar refractivity (Wildman–Crippen MR) is 82.0 cm³/mol. The summed E-state index contributed by atoms with van der Waals surface area (Å²) >= 11 is 0. The number of tetrazole rings is 1. The molecule has 112 valence electrons. The van der Waals surface area contributed by atoms with Gasteiger partial charge in [-0.1, -0.05) is 11.2 Å². The van der Waals surface area contributed by atoms with Crippen LogP contribution in [0.1, 0.15) is 22.4 Å². The van der Waals surface area contributed by atoms with Crippen molar-refractivity contribution in [2.24, 2.45) is 4.99 Å². The molecule has 0 amide bonds. The van der Waals surface area contributed by atoms with E-state index in [4.69, 9.17) is 0 Å². The summed E-state index contributed by atoms with van der Waals surface area (Å²) in [5.41, 5.74) is 4.10. The van der Waals surface area contributed by atoms with E-state index in [1.54, 1.807) is 0 Å². The van der Waals surface area contributed by atoms with E-state index in [1.165, 1.54) is 16.5 Å². The number of hydrogen-bond acceptors (Lipinski definition) is 5. The summed E-state index contributed by atoms with van der Waals surface area (Å²) < 4.78 is 1.50. The number of nitrogens with one attached hydrogen (secondary N) is 2. The number of nitrogens with zero attached hydrogens (tertiary/aromatic N) is 5. The maximum absolute atomic E-state index is 12.5. The molecule has 3 aromatic rings. The van der Waals surface area contributed by atoms with Gasteiger partial charge in [0, 0.05) is 11.9 Å². The number of aryl methyl sites for hydroxylation is 3. The zero-order chi connectivity index (χ0) is 15.7. The summed E-state index contributed by atoms with van der Waals surface area (Å²) in [4.78, 5) is 16.5. The average Bonchev–Trinajstić information content (AvgIpc) is 3.09. The number of aromatic nitrogens is 6. The van der Waals surface area contributed by atoms with E-state index in [9.17, 15) is 4.79 Å². The van der Waals surface area contributed by atoms with Gasteiger partial charge in [-0.15, -0.1) is 5.10 Å². The first kappa shape index (κ1) is 13.9. The molecule has 0 aliphatic rings. The highest BCUT2D eigenvalue weighted by molar-refractivity contribution is 5.82. The van der Waals surface area contributed by atoms with Crippen LogP contribution in [0, 0.1) is 20.8 Å². The van der Waals surface area contributed by atoms with Crippen LogP contribution in [0.25, 0.3) is 5.69 Å². The van der Waals surface area contributed by atoms with Gasteiger partial charge in [-0.2, -0.15) is 5.21 Å². The minimum atomic E-state index is -0.173. The van der Waals surface area contributed by atoms with Crippen LogP contribution in [-0.2, 0) is 0 Å². The fourth-order valence-corrected chi connectivity index (χ4v) is 2.09. The fourth-order valence-electron chi connectivity index (χ4n) is 2.09. The lowest BCUT2D eigenvalue weighted by molar-refractivity contribution is 0.833. The van der Waals surface area contributed by atoms with Crippen LogP contribution >= 0.6 is 0 Å². The van der Waals surface area contributed by atoms with E-state index < -0.39 is 0 Å². The van der Waals surface area contributed by atoms with Crippen LogP contribution in [0.15, 0.2) is 28.0 Å². The molecule has 2 N–H and O–H groups in total. The van der Waals surface area contributed by atoms with E-state index >= 15 is 0 Å². The second kappa shape index (κ2) is 5.40. The minimum Gasteiger partial charge on any atom is -0.295 e. The van der Waals surface area contributed by atoms with Gasteiger partial charge < -0.3 is 0 Å². The third-order valence-electron chi connectivity index (χ3n) is 3.51. The Kier molecular flexibility index (Phi) is 3.42. The second-order valence-electron chi connectivity index (χ2n) is 5.03. The van der Waals surface area contributed by atoms with Crippen LogP contribution in [0.3, 0.4) is 0 Å². The lowest BCUT2D eigenvalue weighted by Crippen LogP contribution is -2.17. The number of benzene rings is 1. The highest BCUT2D eigenvalue weighted by Gasteiger charge is 2.11. The Morgan fingerprint density at radius 2 is 2.05 bits per heavy atom. The van der Waals surface area contributed by atoms with Gasteiger partial charge in [0.1, 0.15) is 0 Å². The van der Waals surface area contributed by atoms with Gasteiger partial charge in [0.2, 0.25) is 0 Å². The lowest BCUT2D eigenvalue weighted by atomic mass is 10.1. The van der Waals surface area contributed by atoms with Gasteiger partial charge in [-0.05, 0) is 49.2 Å². The molecule has 0 saturated carbocycles. The van der Waals surface area contributed by atoms with Crippen LogP contribution < -0.4 is 5.56 Å². The predicted octanol–water partition coefficient (Wildman–Crippen LogP) is 1.35. The molecule has 2 aromatic heterocycles. The number of aromatic amines is 2. The Morgan fingerprint density at radius 1 is 1.23 bits per heavy atom. The van der Waals surface area contributed by atoms with Gasteiger partial charge in [-0.3, -0.25) is 9.89 Å². The number of rotatable bonds is 3. The first-order valence-corrected chi connectivity index (χ1v) is 6.73. The molecular weight excluding hydrogens is 282 g/mol. The zero-order valence-electron chi connectivity index (χ0n) is 12.5. The molecule has 8 nitrogen and oxygen atoms in total. The van der Waals surface area contributed by atoms with E-state index in [0.29, 0.717) is 5.56 Å². The third kappa shape index (κ3) is 2.46. The van der Waals surface area contributed by atoms with Gasteiger partial charge in [0.15, 0.2) is 0 Å². The maximum atomic E-state index is 12.5. The molecule has 22 heavy (non-hydrogen) atoms. The first-order chi connectivity index (χ1) is 10.6. The van der Waals surface area contributed by atoms with Crippen LogP contribution in [0.5, 0.6) is 0 Å². The summed E-state index contributed by atoms with van der Waals surface area (Å²) in [6, 6.07) is 5.85. The lowest BCUT2D eigenvalue weighted by Gasteiger charge is -2.05. The van der Waals surface area contributed by atoms with Crippen molar-refractivity contribution in [1.29, 1.82) is 0 Å². The SMILES string of the molecule is Cc1ccc(-n2[nH]c(C)c(C=Nc3nn[nH]n3)c2=O)cc1C. The molecule has 0 fully saturated rings. The fraction of sp³-hybridized carbons (Fsp3) is 0.214. The molecular formula is C14H15N7O. The first-order valence-electron chi connectivity index (χ1n) is 6.73. The molecule has 0 aliphatic heterocycles. The van der Waals surface area contributed by atoms with Crippen molar-refractivity contribution in [2.75, 3.05) is 0 Å². The summed E-state index contributed by atoms with van der Waals surface area (Å²) in [6.07, 6.45) is 1.44. The van der Waals surface area contributed by atoms with Crippen molar-refractivity contribution in [3.63, 3.8) is 0 Å². The van der Waals surface area contributed by atoms with Gasteiger partial charge in [0.05, 0.1) is 11.3 Å². The summed E-state index contributed by atoms with van der Waals surface area (Å²) in [6.45, 7) is 5.86. The van der Waals surface area contributed by atoms with Gasteiger partial charge >= 0.3 is 0 Å². The van der Waals surface area contributed by atoms with Crippen LogP contribution in [-0.4, -0.2) is 36.6 Å². The molecule has 0 spiro atoms. The van der Waals surface area contributed by atoms with E-state index in [1.807, 2.05) is 39.0 Å². The zero-order valence-corrected chi connectivity index (χ0v) is 12.5. The monoisotopic (exact) mass is 297 g/mol. The number of hydrogen-bond donors (Lipinski definition) is 2. The summed E-state index contributed by atoms with van der Waals surface area (Å²) in [5.74, 6) is 0.178. The van der Waals surface area contributed by atoms with Gasteiger partial charge in [0.25, 0.3) is 11.5 Å². The summed E-state index contributed by atoms with van der Waals surface area (Å²) in [7, 11) is 0. The molecule has 0 unspecified atom stereocenters. The standard InChI is InChI=1S/C14H15N7O/c1-8-4-5-11(6-9(8)2)21-13(22)12(10(3)18-21)7-15-14-16-19-20-17-14/h4-7,18H,1-3H3,(H,16,17,19,20). The van der Waals surface area contributed by atoms with Crippen molar-refractivity contribution in [3.05, 3.63) is 50.9 Å². The van der Waals surface area contributed by atoms with E-state index in [-0.39, 0.29) is 11.5 Å². The topological polar surface area (TPSA) is 105 Å². The van der Waals surface area contributed by atoms with Crippen LogP contribution in [0.4, 0.5) is 5.95 Å². The summed E-state index contributed by atoms with van der Waals surface area (Å²) in [5, 5.41) is 16.2.